The standard InChI is InChI=1S/C20H28N4O/c1-15(2)10-19(25)23-9-5-6-17(13-23)14-24-16(3)11-22-20(24)18-7-4-8-21-12-18/h4,7-8,11-12,15,17H,5-6,9-10,13-14H2,1-3H3. The fraction of sp³-hybridized carbons (Fsp3) is 0.550. The lowest BCUT2D eigenvalue weighted by Gasteiger charge is -2.34. The van der Waals surface area contributed by atoms with Gasteiger partial charge in [0.15, 0.2) is 0 Å². The van der Waals surface area contributed by atoms with Crippen molar-refractivity contribution < 1.29 is 4.79 Å². The topological polar surface area (TPSA) is 51.0 Å². The van der Waals surface area contributed by atoms with Crippen LogP contribution in [-0.4, -0.2) is 38.4 Å². The summed E-state index contributed by atoms with van der Waals surface area (Å²) in [5.74, 6) is 2.17. The second-order valence-corrected chi connectivity index (χ2v) is 7.52. The lowest BCUT2D eigenvalue weighted by atomic mass is 9.96. The second kappa shape index (κ2) is 7.81. The van der Waals surface area contributed by atoms with Crippen LogP contribution in [0.15, 0.2) is 30.7 Å². The zero-order chi connectivity index (χ0) is 17.8. The molecule has 3 heterocycles. The van der Waals surface area contributed by atoms with Crippen LogP contribution < -0.4 is 0 Å². The minimum absolute atomic E-state index is 0.300. The molecule has 2 aromatic rings. The Hall–Kier alpha value is -2.17. The van der Waals surface area contributed by atoms with Gasteiger partial charge in [0.2, 0.25) is 5.91 Å². The maximum absolute atomic E-state index is 12.4. The molecule has 0 aromatic carbocycles. The molecule has 1 atom stereocenters. The van der Waals surface area contributed by atoms with Gasteiger partial charge in [-0.2, -0.15) is 0 Å². The van der Waals surface area contributed by atoms with Gasteiger partial charge in [0, 0.05) is 55.9 Å². The highest BCUT2D eigenvalue weighted by atomic mass is 16.2. The first-order chi connectivity index (χ1) is 12.0. The molecular weight excluding hydrogens is 312 g/mol. The number of aromatic nitrogens is 3. The van der Waals surface area contributed by atoms with Gasteiger partial charge in [-0.15, -0.1) is 0 Å². The molecule has 0 spiro atoms. The van der Waals surface area contributed by atoms with E-state index >= 15 is 0 Å². The van der Waals surface area contributed by atoms with Crippen LogP contribution in [0, 0.1) is 18.8 Å². The van der Waals surface area contributed by atoms with Crippen LogP contribution in [0.2, 0.25) is 0 Å². The van der Waals surface area contributed by atoms with E-state index in [0.29, 0.717) is 24.2 Å². The predicted molar refractivity (Wildman–Crippen MR) is 99.0 cm³/mol. The Morgan fingerprint density at radius 2 is 2.20 bits per heavy atom. The Balaban J connectivity index is 1.72. The summed E-state index contributed by atoms with van der Waals surface area (Å²) in [5.41, 5.74) is 2.20. The number of piperidine rings is 1. The normalized spacial score (nSPS) is 17.9. The van der Waals surface area contributed by atoms with Crippen LogP contribution in [0.25, 0.3) is 11.4 Å². The number of rotatable bonds is 5. The minimum atomic E-state index is 0.300. The summed E-state index contributed by atoms with van der Waals surface area (Å²) in [4.78, 5) is 23.3. The van der Waals surface area contributed by atoms with Crippen molar-refractivity contribution in [2.24, 2.45) is 11.8 Å². The van der Waals surface area contributed by atoms with Crippen LogP contribution in [0.1, 0.15) is 38.8 Å². The van der Waals surface area contributed by atoms with Crippen LogP contribution >= 0.6 is 0 Å². The molecule has 5 heteroatoms. The molecule has 0 saturated carbocycles. The molecule has 1 aliphatic heterocycles. The summed E-state index contributed by atoms with van der Waals surface area (Å²) >= 11 is 0. The molecule has 134 valence electrons. The second-order valence-electron chi connectivity index (χ2n) is 7.52. The highest BCUT2D eigenvalue weighted by Crippen LogP contribution is 2.24. The van der Waals surface area contributed by atoms with Crippen molar-refractivity contribution in [2.75, 3.05) is 13.1 Å². The van der Waals surface area contributed by atoms with Gasteiger partial charge < -0.3 is 9.47 Å². The van der Waals surface area contributed by atoms with Crippen molar-refractivity contribution in [3.05, 3.63) is 36.4 Å². The van der Waals surface area contributed by atoms with Gasteiger partial charge in [-0.25, -0.2) is 4.98 Å². The minimum Gasteiger partial charge on any atom is -0.342 e. The van der Waals surface area contributed by atoms with Gasteiger partial charge in [0.05, 0.1) is 0 Å². The first-order valence-electron chi connectivity index (χ1n) is 9.25. The smallest absolute Gasteiger partial charge is 0.222 e. The SMILES string of the molecule is Cc1cnc(-c2cccnc2)n1CC1CCCN(C(=O)CC(C)C)C1. The monoisotopic (exact) mass is 340 g/mol. The van der Waals surface area contributed by atoms with Crippen molar-refractivity contribution >= 4 is 5.91 Å². The maximum Gasteiger partial charge on any atom is 0.222 e. The molecule has 0 radical (unpaired) electrons. The first kappa shape index (κ1) is 17.6. The van der Waals surface area contributed by atoms with Gasteiger partial charge in [0.1, 0.15) is 5.82 Å². The summed E-state index contributed by atoms with van der Waals surface area (Å²) in [6, 6.07) is 3.99. The molecule has 1 fully saturated rings. The maximum atomic E-state index is 12.4. The summed E-state index contributed by atoms with van der Waals surface area (Å²) in [6.07, 6.45) is 8.46. The number of imidazole rings is 1. The number of carbonyl (C=O) groups is 1. The molecule has 1 saturated heterocycles. The fourth-order valence-corrected chi connectivity index (χ4v) is 3.59. The van der Waals surface area contributed by atoms with Gasteiger partial charge in [-0.3, -0.25) is 9.78 Å². The molecule has 2 aromatic heterocycles. The van der Waals surface area contributed by atoms with E-state index in [1.165, 1.54) is 0 Å². The molecule has 0 bridgehead atoms. The Morgan fingerprint density at radius 1 is 1.36 bits per heavy atom. The van der Waals surface area contributed by atoms with Gasteiger partial charge in [0.25, 0.3) is 0 Å². The average molecular weight is 340 g/mol. The number of pyridine rings is 1. The molecular formula is C20H28N4O. The number of hydrogen-bond acceptors (Lipinski definition) is 3. The lowest BCUT2D eigenvalue weighted by Crippen LogP contribution is -2.41. The fourth-order valence-electron chi connectivity index (χ4n) is 3.59. The largest absolute Gasteiger partial charge is 0.342 e. The van der Waals surface area contributed by atoms with Crippen molar-refractivity contribution in [3.63, 3.8) is 0 Å². The van der Waals surface area contributed by atoms with Crippen molar-refractivity contribution in [1.82, 2.24) is 19.4 Å². The van der Waals surface area contributed by atoms with Gasteiger partial charge in [-0.1, -0.05) is 13.8 Å². The zero-order valence-electron chi connectivity index (χ0n) is 15.5. The highest BCUT2D eigenvalue weighted by Gasteiger charge is 2.25. The summed E-state index contributed by atoms with van der Waals surface area (Å²) < 4.78 is 2.28. The number of nitrogens with zero attached hydrogens (tertiary/aromatic N) is 4. The number of carbonyl (C=O) groups excluding carboxylic acids is 1. The molecule has 0 N–H and O–H groups in total. The third-order valence-electron chi connectivity index (χ3n) is 4.87. The van der Waals surface area contributed by atoms with E-state index in [2.05, 4.69) is 40.2 Å². The average Bonchev–Trinajstić information content (AvgIpc) is 2.96. The summed E-state index contributed by atoms with van der Waals surface area (Å²) in [5, 5.41) is 0. The van der Waals surface area contributed by atoms with E-state index < -0.39 is 0 Å². The van der Waals surface area contributed by atoms with Crippen molar-refractivity contribution in [3.8, 4) is 11.4 Å². The van der Waals surface area contributed by atoms with E-state index in [1.54, 1.807) is 6.20 Å². The van der Waals surface area contributed by atoms with E-state index in [-0.39, 0.29) is 0 Å². The molecule has 1 unspecified atom stereocenters. The summed E-state index contributed by atoms with van der Waals surface area (Å²) in [6.45, 7) is 8.97. The Labute approximate surface area is 150 Å². The zero-order valence-corrected chi connectivity index (χ0v) is 15.5. The lowest BCUT2D eigenvalue weighted by molar-refractivity contribution is -0.133. The van der Waals surface area contributed by atoms with E-state index in [4.69, 9.17) is 0 Å². The summed E-state index contributed by atoms with van der Waals surface area (Å²) in [7, 11) is 0. The van der Waals surface area contributed by atoms with Gasteiger partial charge in [-0.05, 0) is 43.7 Å². The molecule has 3 rings (SSSR count). The van der Waals surface area contributed by atoms with E-state index in [1.807, 2.05) is 24.5 Å². The van der Waals surface area contributed by atoms with Crippen LogP contribution in [0.4, 0.5) is 0 Å². The molecule has 1 amide bonds. The van der Waals surface area contributed by atoms with Crippen LogP contribution in [-0.2, 0) is 11.3 Å². The third kappa shape index (κ3) is 4.27. The number of likely N-dealkylation sites (tertiary alicyclic amines) is 1. The first-order valence-corrected chi connectivity index (χ1v) is 9.25. The number of hydrogen-bond donors (Lipinski definition) is 0. The van der Waals surface area contributed by atoms with E-state index in [9.17, 15) is 4.79 Å². The molecule has 1 aliphatic rings. The van der Waals surface area contributed by atoms with Crippen molar-refractivity contribution in [1.29, 1.82) is 0 Å². The predicted octanol–water partition coefficient (Wildman–Crippen LogP) is 3.54. The Morgan fingerprint density at radius 3 is 2.92 bits per heavy atom. The molecule has 0 aliphatic carbocycles. The number of aryl methyl sites for hydroxylation is 1. The van der Waals surface area contributed by atoms with Gasteiger partial charge >= 0.3 is 0 Å². The Bertz CT molecular complexity index is 708. The molecule has 25 heavy (non-hydrogen) atoms. The molecule has 5 nitrogen and oxygen atoms in total. The van der Waals surface area contributed by atoms with Crippen LogP contribution in [0.3, 0.4) is 0 Å². The van der Waals surface area contributed by atoms with Crippen LogP contribution in [0.5, 0.6) is 0 Å². The van der Waals surface area contributed by atoms with Crippen molar-refractivity contribution in [2.45, 2.75) is 46.6 Å². The number of amides is 1. The highest BCUT2D eigenvalue weighted by molar-refractivity contribution is 5.76. The quantitative estimate of drug-likeness (QED) is 0.836. The Kier molecular flexibility index (Phi) is 5.51. The van der Waals surface area contributed by atoms with E-state index in [0.717, 1.165) is 49.6 Å². The third-order valence-corrected chi connectivity index (χ3v) is 4.87.